The van der Waals surface area contributed by atoms with E-state index in [0.717, 1.165) is 25.9 Å². The first-order valence-electron chi connectivity index (χ1n) is 6.91. The van der Waals surface area contributed by atoms with Crippen LogP contribution in [0.15, 0.2) is 24.3 Å². The highest BCUT2D eigenvalue weighted by Crippen LogP contribution is 2.21. The van der Waals surface area contributed by atoms with Crippen LogP contribution in [0.2, 0.25) is 0 Å². The molecule has 1 aromatic carbocycles. The highest BCUT2D eigenvalue weighted by Gasteiger charge is 2.18. The second kappa shape index (κ2) is 6.66. The van der Waals surface area contributed by atoms with E-state index in [4.69, 9.17) is 0 Å². The Hall–Kier alpha value is -1.42. The molecular formula is C15H21FN2O. The first kappa shape index (κ1) is 14.0. The molecule has 1 aliphatic rings. The SMILES string of the molecule is CC(CC(=O)NC1CCNCC1)c1ccccc1F. The van der Waals surface area contributed by atoms with Crippen LogP contribution in [-0.4, -0.2) is 25.0 Å². The van der Waals surface area contributed by atoms with Gasteiger partial charge in [-0.15, -0.1) is 0 Å². The number of halogens is 1. The maximum Gasteiger partial charge on any atom is 0.220 e. The second-order valence-corrected chi connectivity index (χ2v) is 5.22. The van der Waals surface area contributed by atoms with Crippen LogP contribution in [0.3, 0.4) is 0 Å². The van der Waals surface area contributed by atoms with Crippen molar-refractivity contribution in [3.63, 3.8) is 0 Å². The van der Waals surface area contributed by atoms with Crippen LogP contribution in [0.4, 0.5) is 4.39 Å². The fourth-order valence-electron chi connectivity index (χ4n) is 2.52. The lowest BCUT2D eigenvalue weighted by molar-refractivity contribution is -0.122. The maximum atomic E-state index is 13.6. The molecule has 1 aromatic rings. The van der Waals surface area contributed by atoms with Crippen molar-refractivity contribution in [3.8, 4) is 0 Å². The number of piperidine rings is 1. The molecule has 1 unspecified atom stereocenters. The number of nitrogens with one attached hydrogen (secondary N) is 2. The van der Waals surface area contributed by atoms with Crippen molar-refractivity contribution in [3.05, 3.63) is 35.6 Å². The average Bonchev–Trinajstić information content (AvgIpc) is 2.40. The van der Waals surface area contributed by atoms with Gasteiger partial charge in [0.2, 0.25) is 5.91 Å². The lowest BCUT2D eigenvalue weighted by Gasteiger charge is -2.24. The first-order valence-corrected chi connectivity index (χ1v) is 6.91. The number of rotatable bonds is 4. The van der Waals surface area contributed by atoms with Gasteiger partial charge >= 0.3 is 0 Å². The summed E-state index contributed by atoms with van der Waals surface area (Å²) in [6.07, 6.45) is 2.28. The van der Waals surface area contributed by atoms with Crippen LogP contribution in [-0.2, 0) is 4.79 Å². The third-order valence-electron chi connectivity index (χ3n) is 3.63. The summed E-state index contributed by atoms with van der Waals surface area (Å²) < 4.78 is 13.6. The Bertz CT molecular complexity index is 430. The van der Waals surface area contributed by atoms with E-state index in [1.807, 2.05) is 6.92 Å². The Morgan fingerprint density at radius 3 is 2.79 bits per heavy atom. The van der Waals surface area contributed by atoms with Gasteiger partial charge in [-0.05, 0) is 43.5 Å². The van der Waals surface area contributed by atoms with Gasteiger partial charge in [-0.25, -0.2) is 4.39 Å². The van der Waals surface area contributed by atoms with Crippen LogP contribution >= 0.6 is 0 Å². The van der Waals surface area contributed by atoms with Gasteiger partial charge in [-0.2, -0.15) is 0 Å². The number of hydrogen-bond acceptors (Lipinski definition) is 2. The van der Waals surface area contributed by atoms with Crippen molar-refractivity contribution in [2.75, 3.05) is 13.1 Å². The highest BCUT2D eigenvalue weighted by molar-refractivity contribution is 5.77. The summed E-state index contributed by atoms with van der Waals surface area (Å²) in [5, 5.41) is 6.30. The van der Waals surface area contributed by atoms with Gasteiger partial charge in [0.25, 0.3) is 0 Å². The summed E-state index contributed by atoms with van der Waals surface area (Å²) in [6, 6.07) is 6.93. The molecule has 2 N–H and O–H groups in total. The van der Waals surface area contributed by atoms with E-state index in [9.17, 15) is 9.18 Å². The molecule has 104 valence electrons. The second-order valence-electron chi connectivity index (χ2n) is 5.22. The van der Waals surface area contributed by atoms with Gasteiger partial charge < -0.3 is 10.6 Å². The van der Waals surface area contributed by atoms with Gasteiger partial charge in [-0.1, -0.05) is 25.1 Å². The Labute approximate surface area is 113 Å². The molecule has 1 atom stereocenters. The molecule has 0 spiro atoms. The van der Waals surface area contributed by atoms with Crippen molar-refractivity contribution < 1.29 is 9.18 Å². The molecule has 1 fully saturated rings. The van der Waals surface area contributed by atoms with E-state index in [2.05, 4.69) is 10.6 Å². The van der Waals surface area contributed by atoms with E-state index >= 15 is 0 Å². The summed E-state index contributed by atoms with van der Waals surface area (Å²) >= 11 is 0. The molecule has 1 aliphatic heterocycles. The Balaban J connectivity index is 1.86. The molecule has 4 heteroatoms. The molecule has 0 saturated carbocycles. The predicted octanol–water partition coefficient (Wildman–Crippen LogP) is 2.19. The van der Waals surface area contributed by atoms with Gasteiger partial charge in [0.05, 0.1) is 0 Å². The molecule has 0 aliphatic carbocycles. The minimum atomic E-state index is -0.232. The van der Waals surface area contributed by atoms with Crippen molar-refractivity contribution >= 4 is 5.91 Å². The Morgan fingerprint density at radius 1 is 1.42 bits per heavy atom. The van der Waals surface area contributed by atoms with Crippen molar-refractivity contribution in [2.45, 2.75) is 38.1 Å². The summed E-state index contributed by atoms with van der Waals surface area (Å²) in [4.78, 5) is 12.0. The van der Waals surface area contributed by atoms with Crippen molar-refractivity contribution in [1.29, 1.82) is 0 Å². The molecule has 0 radical (unpaired) electrons. The van der Waals surface area contributed by atoms with E-state index in [1.54, 1.807) is 18.2 Å². The predicted molar refractivity (Wildman–Crippen MR) is 73.5 cm³/mol. The van der Waals surface area contributed by atoms with E-state index < -0.39 is 0 Å². The number of carbonyl (C=O) groups excluding carboxylic acids is 1. The third kappa shape index (κ3) is 4.03. The first-order chi connectivity index (χ1) is 9.16. The molecule has 1 amide bonds. The smallest absolute Gasteiger partial charge is 0.220 e. The summed E-state index contributed by atoms with van der Waals surface area (Å²) in [6.45, 7) is 3.79. The zero-order valence-electron chi connectivity index (χ0n) is 11.3. The van der Waals surface area contributed by atoms with E-state index in [-0.39, 0.29) is 23.7 Å². The third-order valence-corrected chi connectivity index (χ3v) is 3.63. The minimum Gasteiger partial charge on any atom is -0.353 e. The number of hydrogen-bond donors (Lipinski definition) is 2. The molecule has 0 aromatic heterocycles. The van der Waals surface area contributed by atoms with Crippen molar-refractivity contribution in [2.24, 2.45) is 0 Å². The van der Waals surface area contributed by atoms with Crippen LogP contribution in [0.25, 0.3) is 0 Å². The van der Waals surface area contributed by atoms with Gasteiger partial charge in [-0.3, -0.25) is 4.79 Å². The zero-order chi connectivity index (χ0) is 13.7. The number of carbonyl (C=O) groups is 1. The van der Waals surface area contributed by atoms with Gasteiger partial charge in [0.1, 0.15) is 5.82 Å². The summed E-state index contributed by atoms with van der Waals surface area (Å²) in [5.74, 6) is -0.310. The quantitative estimate of drug-likeness (QED) is 0.875. The molecule has 1 saturated heterocycles. The molecule has 1 heterocycles. The fourth-order valence-corrected chi connectivity index (χ4v) is 2.52. The molecular weight excluding hydrogens is 243 g/mol. The normalized spacial score (nSPS) is 18.0. The lowest BCUT2D eigenvalue weighted by atomic mass is 9.96. The van der Waals surface area contributed by atoms with Crippen LogP contribution in [0.5, 0.6) is 0 Å². The lowest BCUT2D eigenvalue weighted by Crippen LogP contribution is -2.42. The summed E-state index contributed by atoms with van der Waals surface area (Å²) in [5.41, 5.74) is 0.614. The standard InChI is InChI=1S/C15H21FN2O/c1-11(13-4-2-3-5-14(13)16)10-15(19)18-12-6-8-17-9-7-12/h2-5,11-12,17H,6-10H2,1H3,(H,18,19). The molecule has 0 bridgehead atoms. The Kier molecular flexibility index (Phi) is 4.91. The average molecular weight is 264 g/mol. The van der Waals surface area contributed by atoms with E-state index in [0.29, 0.717) is 12.0 Å². The largest absolute Gasteiger partial charge is 0.353 e. The van der Waals surface area contributed by atoms with E-state index in [1.165, 1.54) is 6.07 Å². The summed E-state index contributed by atoms with van der Waals surface area (Å²) in [7, 11) is 0. The number of benzene rings is 1. The Morgan fingerprint density at radius 2 is 2.11 bits per heavy atom. The van der Waals surface area contributed by atoms with Crippen LogP contribution in [0.1, 0.15) is 37.7 Å². The fraction of sp³-hybridized carbons (Fsp3) is 0.533. The monoisotopic (exact) mass is 264 g/mol. The van der Waals surface area contributed by atoms with Crippen LogP contribution in [0, 0.1) is 5.82 Å². The minimum absolute atomic E-state index is 0.0163. The molecule has 19 heavy (non-hydrogen) atoms. The molecule has 3 nitrogen and oxygen atoms in total. The zero-order valence-corrected chi connectivity index (χ0v) is 11.3. The maximum absolute atomic E-state index is 13.6. The number of amides is 1. The molecule has 2 rings (SSSR count). The van der Waals surface area contributed by atoms with Crippen LogP contribution < -0.4 is 10.6 Å². The van der Waals surface area contributed by atoms with Gasteiger partial charge in [0, 0.05) is 12.5 Å². The van der Waals surface area contributed by atoms with Crippen molar-refractivity contribution in [1.82, 2.24) is 10.6 Å². The van der Waals surface area contributed by atoms with Gasteiger partial charge in [0.15, 0.2) is 0 Å². The highest BCUT2D eigenvalue weighted by atomic mass is 19.1. The topological polar surface area (TPSA) is 41.1 Å².